The summed E-state index contributed by atoms with van der Waals surface area (Å²) in [7, 11) is 0. The van der Waals surface area contributed by atoms with Crippen molar-refractivity contribution in [3.05, 3.63) is 33.9 Å². The van der Waals surface area contributed by atoms with Gasteiger partial charge < -0.3 is 5.32 Å². The third kappa shape index (κ3) is 2.71. The van der Waals surface area contributed by atoms with Crippen molar-refractivity contribution in [1.82, 2.24) is 0 Å². The lowest BCUT2D eigenvalue weighted by Gasteiger charge is -2.09. The first-order valence-electron chi connectivity index (χ1n) is 4.52. The minimum absolute atomic E-state index is 0.0918. The van der Waals surface area contributed by atoms with E-state index in [2.05, 4.69) is 11.2 Å². The van der Waals surface area contributed by atoms with Crippen LogP contribution in [0.15, 0.2) is 18.2 Å². The van der Waals surface area contributed by atoms with Gasteiger partial charge in [-0.15, -0.1) is 6.42 Å². The van der Waals surface area contributed by atoms with Crippen LogP contribution >= 0.6 is 0 Å². The van der Waals surface area contributed by atoms with Crippen molar-refractivity contribution >= 4 is 11.4 Å². The number of hydrogen-bond donors (Lipinski definition) is 1. The van der Waals surface area contributed by atoms with Gasteiger partial charge in [-0.1, -0.05) is 5.92 Å². The third-order valence-corrected chi connectivity index (χ3v) is 2.03. The Balaban J connectivity index is 2.93. The topological polar surface area (TPSA) is 55.2 Å². The van der Waals surface area contributed by atoms with Gasteiger partial charge in [-0.3, -0.25) is 10.1 Å². The van der Waals surface area contributed by atoms with E-state index in [1.54, 1.807) is 19.1 Å². The van der Waals surface area contributed by atoms with E-state index in [1.807, 2.05) is 6.92 Å². The third-order valence-electron chi connectivity index (χ3n) is 2.03. The quantitative estimate of drug-likeness (QED) is 0.467. The summed E-state index contributed by atoms with van der Waals surface area (Å²) in [5.41, 5.74) is 1.53. The fourth-order valence-corrected chi connectivity index (χ4v) is 1.24. The molecule has 78 valence electrons. The minimum Gasteiger partial charge on any atom is -0.372 e. The van der Waals surface area contributed by atoms with Crippen LogP contribution in [0, 0.1) is 29.4 Å². The van der Waals surface area contributed by atoms with Crippen molar-refractivity contribution in [1.29, 1.82) is 0 Å². The van der Waals surface area contributed by atoms with E-state index in [-0.39, 0.29) is 11.7 Å². The van der Waals surface area contributed by atoms with Gasteiger partial charge in [-0.2, -0.15) is 0 Å². The maximum atomic E-state index is 10.6. The monoisotopic (exact) mass is 204 g/mol. The van der Waals surface area contributed by atoms with Gasteiger partial charge in [0.05, 0.1) is 11.0 Å². The summed E-state index contributed by atoms with van der Waals surface area (Å²) in [6.45, 7) is 3.54. The first-order valence-corrected chi connectivity index (χ1v) is 4.52. The second kappa shape index (κ2) is 4.47. The lowest BCUT2D eigenvalue weighted by Crippen LogP contribution is -2.12. The van der Waals surface area contributed by atoms with Crippen LogP contribution in [-0.4, -0.2) is 11.0 Å². The van der Waals surface area contributed by atoms with Gasteiger partial charge in [-0.05, 0) is 26.0 Å². The summed E-state index contributed by atoms with van der Waals surface area (Å²) in [5, 5.41) is 13.6. The molecule has 1 atom stereocenters. The standard InChI is InChI=1S/C11H12N2O2/c1-4-9(3)12-10-5-6-11(13(14)15)8(2)7-10/h1,5-7,9,12H,2-3H3. The Labute approximate surface area is 88.5 Å². The number of nitrogens with zero attached hydrogens (tertiary/aromatic N) is 1. The first kappa shape index (κ1) is 11.1. The molecular formula is C11H12N2O2. The summed E-state index contributed by atoms with van der Waals surface area (Å²) < 4.78 is 0. The van der Waals surface area contributed by atoms with E-state index in [4.69, 9.17) is 6.42 Å². The van der Waals surface area contributed by atoms with Crippen LogP contribution in [0.5, 0.6) is 0 Å². The van der Waals surface area contributed by atoms with Gasteiger partial charge in [0.25, 0.3) is 5.69 Å². The zero-order valence-corrected chi connectivity index (χ0v) is 8.65. The smallest absolute Gasteiger partial charge is 0.272 e. The summed E-state index contributed by atoms with van der Waals surface area (Å²) in [4.78, 5) is 10.2. The normalized spacial score (nSPS) is 11.5. The summed E-state index contributed by atoms with van der Waals surface area (Å²) in [5.74, 6) is 2.53. The fourth-order valence-electron chi connectivity index (χ4n) is 1.24. The van der Waals surface area contributed by atoms with Crippen molar-refractivity contribution < 1.29 is 4.92 Å². The number of rotatable bonds is 3. The molecule has 0 aliphatic rings. The van der Waals surface area contributed by atoms with Crippen molar-refractivity contribution in [2.45, 2.75) is 19.9 Å². The van der Waals surface area contributed by atoms with Crippen molar-refractivity contribution in [3.63, 3.8) is 0 Å². The van der Waals surface area contributed by atoms with E-state index in [0.717, 1.165) is 5.69 Å². The molecule has 4 heteroatoms. The molecule has 1 N–H and O–H groups in total. The Kier molecular flexibility index (Phi) is 3.29. The Morgan fingerprint density at radius 3 is 2.73 bits per heavy atom. The zero-order chi connectivity index (χ0) is 11.4. The largest absolute Gasteiger partial charge is 0.372 e. The highest BCUT2D eigenvalue weighted by Crippen LogP contribution is 2.21. The first-order chi connectivity index (χ1) is 7.04. The van der Waals surface area contributed by atoms with Crippen LogP contribution in [0.1, 0.15) is 12.5 Å². The number of terminal acetylenes is 1. The van der Waals surface area contributed by atoms with E-state index in [9.17, 15) is 10.1 Å². The Morgan fingerprint density at radius 1 is 1.60 bits per heavy atom. The average Bonchev–Trinajstić information content (AvgIpc) is 2.17. The molecule has 15 heavy (non-hydrogen) atoms. The highest BCUT2D eigenvalue weighted by Gasteiger charge is 2.10. The van der Waals surface area contributed by atoms with E-state index in [0.29, 0.717) is 5.56 Å². The summed E-state index contributed by atoms with van der Waals surface area (Å²) in [6, 6.07) is 4.75. The van der Waals surface area contributed by atoms with Crippen LogP contribution in [0.4, 0.5) is 11.4 Å². The Morgan fingerprint density at radius 2 is 2.27 bits per heavy atom. The van der Waals surface area contributed by atoms with Gasteiger partial charge in [0.15, 0.2) is 0 Å². The number of nitrogens with one attached hydrogen (secondary N) is 1. The predicted octanol–water partition coefficient (Wildman–Crippen LogP) is 2.34. The highest BCUT2D eigenvalue weighted by atomic mass is 16.6. The maximum Gasteiger partial charge on any atom is 0.272 e. The predicted molar refractivity (Wildman–Crippen MR) is 59.8 cm³/mol. The van der Waals surface area contributed by atoms with Crippen molar-refractivity contribution in [2.24, 2.45) is 0 Å². The molecule has 0 saturated heterocycles. The van der Waals surface area contributed by atoms with Crippen LogP contribution in [-0.2, 0) is 0 Å². The molecule has 0 fully saturated rings. The number of anilines is 1. The number of aryl methyl sites for hydroxylation is 1. The number of nitro groups is 1. The molecule has 1 aromatic carbocycles. The molecule has 1 aromatic rings. The number of nitro benzene ring substituents is 1. The molecule has 1 unspecified atom stereocenters. The van der Waals surface area contributed by atoms with Crippen LogP contribution in [0.3, 0.4) is 0 Å². The lowest BCUT2D eigenvalue weighted by atomic mass is 10.1. The minimum atomic E-state index is -0.399. The summed E-state index contributed by atoms with van der Waals surface area (Å²) in [6.07, 6.45) is 5.22. The van der Waals surface area contributed by atoms with Gasteiger partial charge in [-0.25, -0.2) is 0 Å². The van der Waals surface area contributed by atoms with Crippen LogP contribution < -0.4 is 5.32 Å². The van der Waals surface area contributed by atoms with Gasteiger partial charge >= 0.3 is 0 Å². The van der Waals surface area contributed by atoms with E-state index in [1.165, 1.54) is 6.07 Å². The van der Waals surface area contributed by atoms with Crippen LogP contribution in [0.25, 0.3) is 0 Å². The van der Waals surface area contributed by atoms with Crippen LogP contribution in [0.2, 0.25) is 0 Å². The molecule has 0 spiro atoms. The zero-order valence-electron chi connectivity index (χ0n) is 8.65. The van der Waals surface area contributed by atoms with E-state index < -0.39 is 4.92 Å². The SMILES string of the molecule is C#CC(C)Nc1ccc([N+](=O)[O-])c(C)c1. The molecular weight excluding hydrogens is 192 g/mol. The molecule has 0 aliphatic heterocycles. The second-order valence-corrected chi connectivity index (χ2v) is 3.29. The molecule has 4 nitrogen and oxygen atoms in total. The molecule has 0 saturated carbocycles. The highest BCUT2D eigenvalue weighted by molar-refractivity contribution is 5.54. The molecule has 0 aliphatic carbocycles. The molecule has 0 aromatic heterocycles. The molecule has 0 amide bonds. The Hall–Kier alpha value is -2.02. The van der Waals surface area contributed by atoms with Crippen molar-refractivity contribution in [3.8, 4) is 12.3 Å². The fraction of sp³-hybridized carbons (Fsp3) is 0.273. The van der Waals surface area contributed by atoms with Gasteiger partial charge in [0, 0.05) is 17.3 Å². The molecule has 0 radical (unpaired) electrons. The lowest BCUT2D eigenvalue weighted by molar-refractivity contribution is -0.385. The Bertz CT molecular complexity index is 421. The van der Waals surface area contributed by atoms with Gasteiger partial charge in [0.2, 0.25) is 0 Å². The second-order valence-electron chi connectivity index (χ2n) is 3.29. The van der Waals surface area contributed by atoms with Crippen molar-refractivity contribution in [2.75, 3.05) is 5.32 Å². The van der Waals surface area contributed by atoms with Gasteiger partial charge in [0.1, 0.15) is 0 Å². The molecule has 0 bridgehead atoms. The molecule has 1 rings (SSSR count). The van der Waals surface area contributed by atoms with E-state index >= 15 is 0 Å². The molecule has 0 heterocycles. The maximum absolute atomic E-state index is 10.6. The average molecular weight is 204 g/mol. The summed E-state index contributed by atoms with van der Waals surface area (Å²) >= 11 is 0. The number of hydrogen-bond acceptors (Lipinski definition) is 3. The number of benzene rings is 1.